The summed E-state index contributed by atoms with van der Waals surface area (Å²) in [4.78, 5) is 4.06. The van der Waals surface area contributed by atoms with E-state index in [4.69, 9.17) is 50.5 Å². The zero-order valence-corrected chi connectivity index (χ0v) is 12.1. The van der Waals surface area contributed by atoms with Crippen LogP contribution in [0.4, 0.5) is 0 Å². The van der Waals surface area contributed by atoms with Gasteiger partial charge in [0, 0.05) is 12.1 Å². The number of amidine groups is 1. The van der Waals surface area contributed by atoms with Crippen LogP contribution in [0.2, 0.25) is 15.1 Å². The predicted octanol–water partition coefficient (Wildman–Crippen LogP) is 3.93. The van der Waals surface area contributed by atoms with Gasteiger partial charge in [-0.3, -0.25) is 0 Å². The lowest BCUT2D eigenvalue weighted by molar-refractivity contribution is 0.318. The third-order valence-corrected chi connectivity index (χ3v) is 3.30. The summed E-state index contributed by atoms with van der Waals surface area (Å²) in [5.74, 6) is 0.385. The van der Waals surface area contributed by atoms with Crippen molar-refractivity contribution in [1.29, 1.82) is 0 Å². The molecule has 5 nitrogen and oxygen atoms in total. The molecule has 20 heavy (non-hydrogen) atoms. The van der Waals surface area contributed by atoms with Gasteiger partial charge in [0.2, 0.25) is 5.88 Å². The fraction of sp³-hybridized carbons (Fsp3) is 0. The van der Waals surface area contributed by atoms with E-state index in [0.29, 0.717) is 15.8 Å². The second-order valence-corrected chi connectivity index (χ2v) is 4.87. The molecule has 1 aromatic heterocycles. The molecule has 0 unspecified atom stereocenters. The summed E-state index contributed by atoms with van der Waals surface area (Å²) < 4.78 is 5.50. The van der Waals surface area contributed by atoms with Gasteiger partial charge in [-0.1, -0.05) is 46.0 Å². The van der Waals surface area contributed by atoms with E-state index in [1.54, 1.807) is 18.2 Å². The van der Waals surface area contributed by atoms with Crippen LogP contribution in [0.1, 0.15) is 5.69 Å². The van der Waals surface area contributed by atoms with Crippen LogP contribution >= 0.6 is 34.8 Å². The number of hydrogen-bond acceptors (Lipinski definition) is 4. The molecule has 0 spiro atoms. The second-order valence-electron chi connectivity index (χ2n) is 3.65. The molecule has 1 heterocycles. The van der Waals surface area contributed by atoms with E-state index in [9.17, 15) is 0 Å². The number of ether oxygens (including phenoxy) is 1. The SMILES string of the molecule is NC(=NO)c1cccc(Oc2cc(Cl)c(Cl)cc2Cl)n1. The van der Waals surface area contributed by atoms with E-state index in [1.807, 2.05) is 0 Å². The summed E-state index contributed by atoms with van der Waals surface area (Å²) in [6.07, 6.45) is 0. The lowest BCUT2D eigenvalue weighted by atomic mass is 10.3. The molecule has 0 radical (unpaired) electrons. The highest BCUT2D eigenvalue weighted by Crippen LogP contribution is 2.35. The fourth-order valence-corrected chi connectivity index (χ4v) is 1.94. The molecular formula is C12H8Cl3N3O2. The lowest BCUT2D eigenvalue weighted by Gasteiger charge is -2.09. The van der Waals surface area contributed by atoms with Crippen molar-refractivity contribution in [2.24, 2.45) is 10.9 Å². The van der Waals surface area contributed by atoms with Crippen LogP contribution in [0.3, 0.4) is 0 Å². The Morgan fingerprint density at radius 1 is 1.15 bits per heavy atom. The van der Waals surface area contributed by atoms with Crippen LogP contribution in [0, 0.1) is 0 Å². The largest absolute Gasteiger partial charge is 0.437 e. The number of rotatable bonds is 3. The normalized spacial score (nSPS) is 11.4. The summed E-state index contributed by atoms with van der Waals surface area (Å²) in [5, 5.41) is 12.4. The Morgan fingerprint density at radius 3 is 2.55 bits per heavy atom. The minimum atomic E-state index is -0.129. The van der Waals surface area contributed by atoms with Crippen LogP contribution in [0.5, 0.6) is 11.6 Å². The van der Waals surface area contributed by atoms with E-state index < -0.39 is 0 Å². The Labute approximate surface area is 129 Å². The zero-order valence-electron chi connectivity index (χ0n) is 9.85. The summed E-state index contributed by atoms with van der Waals surface area (Å²) in [6.45, 7) is 0. The molecule has 104 valence electrons. The van der Waals surface area contributed by atoms with Crippen LogP contribution in [-0.4, -0.2) is 16.0 Å². The second kappa shape index (κ2) is 6.17. The Balaban J connectivity index is 2.33. The van der Waals surface area contributed by atoms with Crippen LogP contribution in [0.25, 0.3) is 0 Å². The Kier molecular flexibility index (Phi) is 4.54. The third-order valence-electron chi connectivity index (χ3n) is 2.28. The van der Waals surface area contributed by atoms with Crippen LogP contribution in [-0.2, 0) is 0 Å². The molecule has 0 amide bonds. The standard InChI is InChI=1S/C12H8Cl3N3O2/c13-6-4-8(15)10(5-7(6)14)20-11-3-1-2-9(17-11)12(16)18-19/h1-5,19H,(H2,16,18). The molecule has 0 fully saturated rings. The highest BCUT2D eigenvalue weighted by Gasteiger charge is 2.10. The maximum absolute atomic E-state index is 8.61. The van der Waals surface area contributed by atoms with E-state index in [1.165, 1.54) is 12.1 Å². The van der Waals surface area contributed by atoms with Gasteiger partial charge in [-0.15, -0.1) is 0 Å². The van der Waals surface area contributed by atoms with E-state index in [0.717, 1.165) is 0 Å². The smallest absolute Gasteiger partial charge is 0.219 e. The van der Waals surface area contributed by atoms with Gasteiger partial charge < -0.3 is 15.7 Å². The maximum atomic E-state index is 8.61. The van der Waals surface area contributed by atoms with E-state index in [2.05, 4.69) is 10.1 Å². The molecule has 8 heteroatoms. The summed E-state index contributed by atoms with van der Waals surface area (Å²) in [5.41, 5.74) is 5.71. The van der Waals surface area contributed by atoms with Gasteiger partial charge in [0.15, 0.2) is 5.84 Å². The minimum absolute atomic E-state index is 0.129. The van der Waals surface area contributed by atoms with Gasteiger partial charge in [0.25, 0.3) is 0 Å². The Morgan fingerprint density at radius 2 is 1.85 bits per heavy atom. The van der Waals surface area contributed by atoms with Crippen molar-refractivity contribution in [3.63, 3.8) is 0 Å². The quantitative estimate of drug-likeness (QED) is 0.293. The van der Waals surface area contributed by atoms with Crippen molar-refractivity contribution in [3.8, 4) is 11.6 Å². The molecule has 2 rings (SSSR count). The van der Waals surface area contributed by atoms with Crippen molar-refractivity contribution in [1.82, 2.24) is 4.98 Å². The monoisotopic (exact) mass is 331 g/mol. The summed E-state index contributed by atoms with van der Waals surface area (Å²) >= 11 is 17.7. The number of halogens is 3. The van der Waals surface area contributed by atoms with Crippen molar-refractivity contribution in [2.45, 2.75) is 0 Å². The summed E-state index contributed by atoms with van der Waals surface area (Å²) in [6, 6.07) is 7.74. The Hall–Kier alpha value is -1.69. The molecule has 0 aliphatic rings. The first kappa shape index (κ1) is 14.7. The molecule has 0 saturated carbocycles. The fourth-order valence-electron chi connectivity index (χ4n) is 1.36. The molecule has 0 aliphatic carbocycles. The number of pyridine rings is 1. The van der Waals surface area contributed by atoms with Crippen molar-refractivity contribution in [3.05, 3.63) is 51.1 Å². The van der Waals surface area contributed by atoms with Gasteiger partial charge in [0.1, 0.15) is 11.4 Å². The molecule has 0 atom stereocenters. The highest BCUT2D eigenvalue weighted by molar-refractivity contribution is 6.43. The third kappa shape index (κ3) is 3.25. The van der Waals surface area contributed by atoms with Gasteiger partial charge >= 0.3 is 0 Å². The number of benzene rings is 1. The predicted molar refractivity (Wildman–Crippen MR) is 78.3 cm³/mol. The first-order valence-electron chi connectivity index (χ1n) is 5.28. The lowest BCUT2D eigenvalue weighted by Crippen LogP contribution is -2.14. The molecule has 2 aromatic rings. The zero-order chi connectivity index (χ0) is 14.7. The summed E-state index contributed by atoms with van der Waals surface area (Å²) in [7, 11) is 0. The minimum Gasteiger partial charge on any atom is -0.437 e. The molecule has 1 aromatic carbocycles. The molecule has 0 aliphatic heterocycles. The van der Waals surface area contributed by atoms with E-state index in [-0.39, 0.29) is 22.4 Å². The molecule has 3 N–H and O–H groups in total. The number of nitrogens with two attached hydrogens (primary N) is 1. The first-order chi connectivity index (χ1) is 9.51. The number of nitrogens with zero attached hydrogens (tertiary/aromatic N) is 2. The van der Waals surface area contributed by atoms with Gasteiger partial charge in [-0.05, 0) is 12.1 Å². The first-order valence-corrected chi connectivity index (χ1v) is 6.42. The number of aromatic nitrogens is 1. The van der Waals surface area contributed by atoms with Gasteiger partial charge in [0.05, 0.1) is 15.1 Å². The van der Waals surface area contributed by atoms with Crippen molar-refractivity contribution >= 4 is 40.6 Å². The molecule has 0 saturated heterocycles. The molecule has 0 bridgehead atoms. The number of oxime groups is 1. The average Bonchev–Trinajstić information content (AvgIpc) is 2.44. The average molecular weight is 333 g/mol. The Bertz CT molecular complexity index is 677. The maximum Gasteiger partial charge on any atom is 0.219 e. The molecular weight excluding hydrogens is 325 g/mol. The van der Waals surface area contributed by atoms with Gasteiger partial charge in [-0.2, -0.15) is 0 Å². The van der Waals surface area contributed by atoms with E-state index >= 15 is 0 Å². The van der Waals surface area contributed by atoms with Crippen LogP contribution in [0.15, 0.2) is 35.5 Å². The van der Waals surface area contributed by atoms with Gasteiger partial charge in [-0.25, -0.2) is 4.98 Å². The topological polar surface area (TPSA) is 80.7 Å². The van der Waals surface area contributed by atoms with Crippen molar-refractivity contribution in [2.75, 3.05) is 0 Å². The van der Waals surface area contributed by atoms with Crippen LogP contribution < -0.4 is 10.5 Å². The van der Waals surface area contributed by atoms with Crippen molar-refractivity contribution < 1.29 is 9.94 Å². The number of hydrogen-bond donors (Lipinski definition) is 2. The highest BCUT2D eigenvalue weighted by atomic mass is 35.5.